The first-order chi connectivity index (χ1) is 11.9. The Kier molecular flexibility index (Phi) is 4.54. The molecule has 0 bridgehead atoms. The van der Waals surface area contributed by atoms with Crippen LogP contribution in [0.5, 0.6) is 11.5 Å². The van der Waals surface area contributed by atoms with E-state index in [4.69, 9.17) is 9.47 Å². The normalized spacial score (nSPS) is 13.1. The molecule has 1 amide bonds. The average molecular weight is 362 g/mol. The highest BCUT2D eigenvalue weighted by Crippen LogP contribution is 2.28. The molecule has 1 aliphatic heterocycles. The second-order valence-corrected chi connectivity index (χ2v) is 7.40. The van der Waals surface area contributed by atoms with Crippen LogP contribution in [-0.4, -0.2) is 28.5 Å². The summed E-state index contributed by atoms with van der Waals surface area (Å²) in [6.07, 6.45) is 0.248. The summed E-state index contributed by atoms with van der Waals surface area (Å²) < 4.78 is 37.8. The first kappa shape index (κ1) is 17.1. The third-order valence-electron chi connectivity index (χ3n) is 3.77. The quantitative estimate of drug-likeness (QED) is 0.821. The average Bonchev–Trinajstić information content (AvgIpc) is 2.92. The molecular formula is C17H18N2O5S. The minimum Gasteiger partial charge on any atom is -0.497 e. The van der Waals surface area contributed by atoms with E-state index in [1.807, 2.05) is 0 Å². The van der Waals surface area contributed by atoms with E-state index >= 15 is 0 Å². The summed E-state index contributed by atoms with van der Waals surface area (Å²) in [5.41, 5.74) is 2.45. The maximum absolute atomic E-state index is 12.5. The van der Waals surface area contributed by atoms with Gasteiger partial charge in [-0.2, -0.15) is 0 Å². The van der Waals surface area contributed by atoms with Crippen molar-refractivity contribution in [2.75, 3.05) is 24.3 Å². The maximum Gasteiger partial charge on any atom is 0.236 e. The highest BCUT2D eigenvalue weighted by atomic mass is 32.2. The van der Waals surface area contributed by atoms with Gasteiger partial charge in [0.2, 0.25) is 15.9 Å². The fraction of sp³-hybridized carbons (Fsp3) is 0.235. The SMILES string of the molecule is COc1cc(CS(=O)(=O)Nc2ccc3c(c2)CC(=O)N3)cc(OC)c1. The lowest BCUT2D eigenvalue weighted by atomic mass is 10.1. The molecule has 0 saturated carbocycles. The first-order valence-corrected chi connectivity index (χ1v) is 9.19. The molecule has 0 saturated heterocycles. The summed E-state index contributed by atoms with van der Waals surface area (Å²) in [6, 6.07) is 9.94. The third kappa shape index (κ3) is 4.03. The molecule has 2 aromatic rings. The molecule has 0 aliphatic carbocycles. The van der Waals surface area contributed by atoms with Crippen molar-refractivity contribution in [3.63, 3.8) is 0 Å². The molecule has 2 aromatic carbocycles. The van der Waals surface area contributed by atoms with Crippen molar-refractivity contribution in [3.05, 3.63) is 47.5 Å². The monoisotopic (exact) mass is 362 g/mol. The van der Waals surface area contributed by atoms with Gasteiger partial charge in [0.15, 0.2) is 0 Å². The van der Waals surface area contributed by atoms with Crippen molar-refractivity contribution in [1.29, 1.82) is 0 Å². The lowest BCUT2D eigenvalue weighted by Crippen LogP contribution is -2.15. The summed E-state index contributed by atoms with van der Waals surface area (Å²) in [5.74, 6) is 0.714. The summed E-state index contributed by atoms with van der Waals surface area (Å²) in [5, 5.41) is 2.71. The van der Waals surface area contributed by atoms with E-state index in [0.717, 1.165) is 5.56 Å². The molecule has 1 heterocycles. The summed E-state index contributed by atoms with van der Waals surface area (Å²) in [6.45, 7) is 0. The topological polar surface area (TPSA) is 93.7 Å². The number of ether oxygens (including phenoxy) is 2. The largest absolute Gasteiger partial charge is 0.497 e. The van der Waals surface area contributed by atoms with Crippen LogP contribution in [-0.2, 0) is 27.0 Å². The van der Waals surface area contributed by atoms with Crippen LogP contribution >= 0.6 is 0 Å². The zero-order valence-electron chi connectivity index (χ0n) is 13.8. The van der Waals surface area contributed by atoms with Gasteiger partial charge in [0.1, 0.15) is 11.5 Å². The number of sulfonamides is 1. The Bertz CT molecular complexity index is 902. The van der Waals surface area contributed by atoms with Crippen LogP contribution in [0.3, 0.4) is 0 Å². The maximum atomic E-state index is 12.5. The fourth-order valence-electron chi connectivity index (χ4n) is 2.68. The Morgan fingerprint density at radius 1 is 1.08 bits per heavy atom. The molecule has 0 radical (unpaired) electrons. The standard InChI is InChI=1S/C17H18N2O5S/c1-23-14-5-11(6-15(9-14)24-2)10-25(21,22)19-13-3-4-16-12(7-13)8-17(20)18-16/h3-7,9,19H,8,10H2,1-2H3,(H,18,20). The van der Waals surface area contributed by atoms with Gasteiger partial charge in [-0.15, -0.1) is 0 Å². The summed E-state index contributed by atoms with van der Waals surface area (Å²) in [4.78, 5) is 11.4. The molecule has 25 heavy (non-hydrogen) atoms. The van der Waals surface area contributed by atoms with Gasteiger partial charge in [0, 0.05) is 17.4 Å². The van der Waals surface area contributed by atoms with Crippen molar-refractivity contribution < 1.29 is 22.7 Å². The minimum atomic E-state index is -3.64. The van der Waals surface area contributed by atoms with E-state index in [1.54, 1.807) is 36.4 Å². The van der Waals surface area contributed by atoms with Crippen LogP contribution in [0.15, 0.2) is 36.4 Å². The molecular weight excluding hydrogens is 344 g/mol. The van der Waals surface area contributed by atoms with Crippen LogP contribution in [0.4, 0.5) is 11.4 Å². The number of benzene rings is 2. The van der Waals surface area contributed by atoms with Crippen LogP contribution in [0.2, 0.25) is 0 Å². The molecule has 0 spiro atoms. The molecule has 0 unspecified atom stereocenters. The van der Waals surface area contributed by atoms with Crippen LogP contribution in [0.25, 0.3) is 0 Å². The van der Waals surface area contributed by atoms with Gasteiger partial charge in [0.05, 0.1) is 26.4 Å². The molecule has 1 aliphatic rings. The van der Waals surface area contributed by atoms with Crippen molar-refractivity contribution >= 4 is 27.3 Å². The molecule has 132 valence electrons. The highest BCUT2D eigenvalue weighted by Gasteiger charge is 2.19. The second-order valence-electron chi connectivity index (χ2n) is 5.68. The van der Waals surface area contributed by atoms with E-state index in [1.165, 1.54) is 14.2 Å². The molecule has 2 N–H and O–H groups in total. The molecule has 8 heteroatoms. The Hall–Kier alpha value is -2.74. The van der Waals surface area contributed by atoms with Crippen LogP contribution < -0.4 is 19.5 Å². The lowest BCUT2D eigenvalue weighted by molar-refractivity contribution is -0.115. The van der Waals surface area contributed by atoms with Crippen molar-refractivity contribution in [2.45, 2.75) is 12.2 Å². The predicted octanol–water partition coefficient (Wildman–Crippen LogP) is 2.14. The number of rotatable bonds is 6. The zero-order chi connectivity index (χ0) is 18.0. The molecule has 0 atom stereocenters. The molecule has 0 fully saturated rings. The zero-order valence-corrected chi connectivity index (χ0v) is 14.6. The molecule has 7 nitrogen and oxygen atoms in total. The number of hydrogen-bond donors (Lipinski definition) is 2. The Morgan fingerprint density at radius 2 is 1.76 bits per heavy atom. The number of carbonyl (C=O) groups is 1. The van der Waals surface area contributed by atoms with E-state index in [9.17, 15) is 13.2 Å². The number of anilines is 2. The Morgan fingerprint density at radius 3 is 2.40 bits per heavy atom. The first-order valence-electron chi connectivity index (χ1n) is 7.54. The van der Waals surface area contributed by atoms with Gasteiger partial charge < -0.3 is 14.8 Å². The Balaban J connectivity index is 1.79. The van der Waals surface area contributed by atoms with Gasteiger partial charge in [-0.1, -0.05) is 0 Å². The van der Waals surface area contributed by atoms with Crippen LogP contribution in [0.1, 0.15) is 11.1 Å². The number of methoxy groups -OCH3 is 2. The fourth-order valence-corrected chi connectivity index (χ4v) is 3.84. The second kappa shape index (κ2) is 6.64. The van der Waals surface area contributed by atoms with Crippen molar-refractivity contribution in [2.24, 2.45) is 0 Å². The van der Waals surface area contributed by atoms with E-state index in [-0.39, 0.29) is 18.1 Å². The van der Waals surface area contributed by atoms with Crippen molar-refractivity contribution in [3.8, 4) is 11.5 Å². The van der Waals surface area contributed by atoms with Gasteiger partial charge in [0.25, 0.3) is 0 Å². The van der Waals surface area contributed by atoms with Gasteiger partial charge in [-0.05, 0) is 41.5 Å². The number of fused-ring (bicyclic) bond motifs is 1. The number of amides is 1. The minimum absolute atomic E-state index is 0.0986. The van der Waals surface area contributed by atoms with Crippen molar-refractivity contribution in [1.82, 2.24) is 0 Å². The number of hydrogen-bond acceptors (Lipinski definition) is 5. The smallest absolute Gasteiger partial charge is 0.236 e. The summed E-state index contributed by atoms with van der Waals surface area (Å²) in [7, 11) is -0.625. The van der Waals surface area contributed by atoms with E-state index in [2.05, 4.69) is 10.0 Å². The predicted molar refractivity (Wildman–Crippen MR) is 94.6 cm³/mol. The van der Waals surface area contributed by atoms with Gasteiger partial charge >= 0.3 is 0 Å². The number of carbonyl (C=O) groups excluding carboxylic acids is 1. The van der Waals surface area contributed by atoms with Gasteiger partial charge in [-0.3, -0.25) is 9.52 Å². The number of nitrogens with one attached hydrogen (secondary N) is 2. The third-order valence-corrected chi connectivity index (χ3v) is 5.03. The summed E-state index contributed by atoms with van der Waals surface area (Å²) >= 11 is 0. The Labute approximate surface area is 146 Å². The molecule has 3 rings (SSSR count). The van der Waals surface area contributed by atoms with Gasteiger partial charge in [-0.25, -0.2) is 8.42 Å². The molecule has 0 aromatic heterocycles. The van der Waals surface area contributed by atoms with Crippen LogP contribution in [0, 0.1) is 0 Å². The van der Waals surface area contributed by atoms with E-state index in [0.29, 0.717) is 28.4 Å². The van der Waals surface area contributed by atoms with E-state index < -0.39 is 10.0 Å². The lowest BCUT2D eigenvalue weighted by Gasteiger charge is -2.11. The highest BCUT2D eigenvalue weighted by molar-refractivity contribution is 7.91.